The van der Waals surface area contributed by atoms with Crippen molar-refractivity contribution in [3.63, 3.8) is 0 Å². The maximum atomic E-state index is 12.6. The average Bonchev–Trinajstić information content (AvgIpc) is 3.20. The Kier molecular flexibility index (Phi) is 5.37. The molecule has 1 fully saturated rings. The molecule has 2 N–H and O–H groups in total. The summed E-state index contributed by atoms with van der Waals surface area (Å²) in [5, 5.41) is 2.38. The van der Waals surface area contributed by atoms with Gasteiger partial charge in [-0.1, -0.05) is 6.07 Å². The molecule has 1 saturated heterocycles. The van der Waals surface area contributed by atoms with Crippen LogP contribution in [0.25, 0.3) is 0 Å². The highest BCUT2D eigenvalue weighted by Crippen LogP contribution is 2.38. The van der Waals surface area contributed by atoms with E-state index in [0.29, 0.717) is 13.1 Å². The minimum absolute atomic E-state index is 0.479. The van der Waals surface area contributed by atoms with Gasteiger partial charge in [-0.2, -0.15) is 0 Å². The molecule has 1 aromatic rings. The Morgan fingerprint density at radius 3 is 2.29 bits per heavy atom. The molecule has 2 aliphatic carbocycles. The van der Waals surface area contributed by atoms with Crippen molar-refractivity contribution in [1.82, 2.24) is 14.5 Å². The molecule has 0 saturated carbocycles. The molecule has 4 rings (SSSR count). The molecule has 0 spiro atoms. The number of carbonyl (C=O) groups is 1. The summed E-state index contributed by atoms with van der Waals surface area (Å²) in [4.78, 5) is 16.7. The number of likely N-dealkylation sites (N-methyl/N-ethyl adjacent to an activating group) is 1. The van der Waals surface area contributed by atoms with Crippen molar-refractivity contribution in [2.24, 2.45) is 0 Å². The molecule has 1 aromatic carbocycles. The van der Waals surface area contributed by atoms with Gasteiger partial charge in [0.15, 0.2) is 0 Å². The zero-order valence-corrected chi connectivity index (χ0v) is 17.6. The first-order valence-electron chi connectivity index (χ1n) is 10.2. The van der Waals surface area contributed by atoms with Gasteiger partial charge in [-0.05, 0) is 74.9 Å². The molecule has 1 aliphatic heterocycles. The second kappa shape index (κ2) is 7.65. The van der Waals surface area contributed by atoms with Gasteiger partial charge < -0.3 is 10.2 Å². The van der Waals surface area contributed by atoms with Gasteiger partial charge in [-0.25, -0.2) is 17.9 Å². The molecule has 28 heavy (non-hydrogen) atoms. The van der Waals surface area contributed by atoms with E-state index in [1.54, 1.807) is 0 Å². The Morgan fingerprint density at radius 2 is 1.71 bits per heavy atom. The van der Waals surface area contributed by atoms with Crippen molar-refractivity contribution in [3.05, 3.63) is 28.3 Å². The van der Waals surface area contributed by atoms with Gasteiger partial charge >= 0.3 is 6.03 Å². The minimum Gasteiger partial charge on any atom is -0.308 e. The summed E-state index contributed by atoms with van der Waals surface area (Å²) < 4.78 is 27.4. The van der Waals surface area contributed by atoms with E-state index in [4.69, 9.17) is 0 Å². The SMILES string of the molecule is CN(C)CCN1CC(S(=O)(=O)NC(=O)Nc2c3c(cc4c2CCC4)CCC3)C1. The number of carbonyl (C=O) groups excluding carboxylic acids is 1. The summed E-state index contributed by atoms with van der Waals surface area (Å²) in [6.45, 7) is 2.69. The number of urea groups is 1. The summed E-state index contributed by atoms with van der Waals surface area (Å²) in [6, 6.07) is 1.67. The Morgan fingerprint density at radius 1 is 1.11 bits per heavy atom. The first-order valence-corrected chi connectivity index (χ1v) is 11.7. The van der Waals surface area contributed by atoms with E-state index in [2.05, 4.69) is 25.9 Å². The van der Waals surface area contributed by atoms with Crippen LogP contribution in [-0.4, -0.2) is 69.8 Å². The van der Waals surface area contributed by atoms with E-state index in [0.717, 1.165) is 57.3 Å². The topological polar surface area (TPSA) is 81.8 Å². The number of fused-ring (bicyclic) bond motifs is 2. The number of nitrogens with zero attached hydrogens (tertiary/aromatic N) is 2. The third kappa shape index (κ3) is 3.90. The predicted molar refractivity (Wildman–Crippen MR) is 110 cm³/mol. The Bertz CT molecular complexity index is 844. The molecular formula is C20H30N4O3S. The number of rotatable bonds is 6. The number of benzene rings is 1. The van der Waals surface area contributed by atoms with Crippen LogP contribution in [0.5, 0.6) is 0 Å². The number of aryl methyl sites for hydroxylation is 2. The lowest BCUT2D eigenvalue weighted by atomic mass is 9.99. The smallest absolute Gasteiger partial charge is 0.308 e. The van der Waals surface area contributed by atoms with Crippen LogP contribution in [0.2, 0.25) is 0 Å². The highest BCUT2D eigenvalue weighted by atomic mass is 32.2. The maximum absolute atomic E-state index is 12.6. The van der Waals surface area contributed by atoms with Crippen molar-refractivity contribution >= 4 is 21.7 Å². The minimum atomic E-state index is -3.66. The monoisotopic (exact) mass is 406 g/mol. The fraction of sp³-hybridized carbons (Fsp3) is 0.650. The number of likely N-dealkylation sites (tertiary alicyclic amines) is 1. The predicted octanol–water partition coefficient (Wildman–Crippen LogP) is 1.36. The second-order valence-corrected chi connectivity index (χ2v) is 10.5. The number of anilines is 1. The van der Waals surface area contributed by atoms with Gasteiger partial charge in [0.2, 0.25) is 10.0 Å². The van der Waals surface area contributed by atoms with E-state index in [1.165, 1.54) is 22.3 Å². The van der Waals surface area contributed by atoms with Crippen LogP contribution in [0.1, 0.15) is 35.1 Å². The fourth-order valence-electron chi connectivity index (χ4n) is 4.56. The number of hydrogen-bond donors (Lipinski definition) is 2. The van der Waals surface area contributed by atoms with Crippen LogP contribution in [0, 0.1) is 0 Å². The van der Waals surface area contributed by atoms with Crippen molar-refractivity contribution in [1.29, 1.82) is 0 Å². The Labute approximate surface area is 167 Å². The highest BCUT2D eigenvalue weighted by molar-refractivity contribution is 7.90. The van der Waals surface area contributed by atoms with Gasteiger partial charge in [0.25, 0.3) is 0 Å². The van der Waals surface area contributed by atoms with Crippen LogP contribution in [0.3, 0.4) is 0 Å². The van der Waals surface area contributed by atoms with Crippen LogP contribution >= 0.6 is 0 Å². The van der Waals surface area contributed by atoms with Crippen molar-refractivity contribution in [3.8, 4) is 0 Å². The molecule has 7 nitrogen and oxygen atoms in total. The molecule has 0 atom stereocenters. The number of hydrogen-bond acceptors (Lipinski definition) is 5. The molecule has 0 bridgehead atoms. The third-order valence-electron chi connectivity index (χ3n) is 6.17. The van der Waals surface area contributed by atoms with Crippen LogP contribution in [0.15, 0.2) is 6.07 Å². The first kappa shape index (κ1) is 19.7. The van der Waals surface area contributed by atoms with E-state index >= 15 is 0 Å². The molecule has 8 heteroatoms. The summed E-state index contributed by atoms with van der Waals surface area (Å²) in [5.41, 5.74) is 5.90. The molecule has 0 aromatic heterocycles. The molecular weight excluding hydrogens is 376 g/mol. The number of nitrogens with one attached hydrogen (secondary N) is 2. The summed E-state index contributed by atoms with van der Waals surface area (Å²) in [6.07, 6.45) is 6.18. The molecule has 1 heterocycles. The van der Waals surface area contributed by atoms with E-state index < -0.39 is 21.3 Å². The standard InChI is InChI=1S/C20H30N4O3S/c1-23(2)9-10-24-12-16(13-24)28(26,27)22-20(25)21-19-17-7-3-5-14(17)11-15-6-4-8-18(15)19/h11,16H,3-10,12-13H2,1-2H3,(H2,21,22,25). The molecule has 0 radical (unpaired) electrons. The lowest BCUT2D eigenvalue weighted by Gasteiger charge is -2.38. The van der Waals surface area contributed by atoms with Crippen LogP contribution < -0.4 is 10.0 Å². The number of sulfonamides is 1. The second-order valence-electron chi connectivity index (χ2n) is 8.52. The zero-order chi connectivity index (χ0) is 19.9. The largest absolute Gasteiger partial charge is 0.332 e. The first-order chi connectivity index (χ1) is 13.3. The zero-order valence-electron chi connectivity index (χ0n) is 16.8. The van der Waals surface area contributed by atoms with Gasteiger partial charge in [0.1, 0.15) is 5.25 Å². The summed E-state index contributed by atoms with van der Waals surface area (Å²) in [5.74, 6) is 0. The van der Waals surface area contributed by atoms with Crippen LogP contribution in [-0.2, 0) is 35.7 Å². The van der Waals surface area contributed by atoms with Gasteiger partial charge in [0, 0.05) is 31.9 Å². The third-order valence-corrected chi connectivity index (χ3v) is 7.82. The van der Waals surface area contributed by atoms with Crippen molar-refractivity contribution in [2.45, 2.75) is 43.8 Å². The maximum Gasteiger partial charge on any atom is 0.332 e. The fourth-order valence-corrected chi connectivity index (χ4v) is 5.85. The normalized spacial score (nSPS) is 19.4. The van der Waals surface area contributed by atoms with Gasteiger partial charge in [-0.3, -0.25) is 4.90 Å². The van der Waals surface area contributed by atoms with Gasteiger partial charge in [-0.15, -0.1) is 0 Å². The summed E-state index contributed by atoms with van der Waals surface area (Å²) >= 11 is 0. The average molecular weight is 407 g/mol. The highest BCUT2D eigenvalue weighted by Gasteiger charge is 2.38. The Balaban J connectivity index is 1.39. The van der Waals surface area contributed by atoms with Gasteiger partial charge in [0.05, 0.1) is 0 Å². The van der Waals surface area contributed by atoms with E-state index in [-0.39, 0.29) is 0 Å². The molecule has 3 aliphatic rings. The number of amides is 2. The molecule has 2 amide bonds. The van der Waals surface area contributed by atoms with E-state index in [9.17, 15) is 13.2 Å². The van der Waals surface area contributed by atoms with Crippen molar-refractivity contribution in [2.75, 3.05) is 45.6 Å². The molecule has 154 valence electrons. The lowest BCUT2D eigenvalue weighted by molar-refractivity contribution is 0.167. The van der Waals surface area contributed by atoms with Crippen molar-refractivity contribution < 1.29 is 13.2 Å². The quantitative estimate of drug-likeness (QED) is 0.746. The summed E-state index contributed by atoms with van der Waals surface area (Å²) in [7, 11) is 0.334. The Hall–Kier alpha value is -1.64. The molecule has 0 unspecified atom stereocenters. The lowest BCUT2D eigenvalue weighted by Crippen LogP contribution is -2.59. The van der Waals surface area contributed by atoms with Crippen LogP contribution in [0.4, 0.5) is 10.5 Å². The van der Waals surface area contributed by atoms with E-state index in [1.807, 2.05) is 14.1 Å².